The number of hydrogen-bond donors (Lipinski definition) is 0. The van der Waals surface area contributed by atoms with Crippen LogP contribution < -0.4 is 0 Å². The van der Waals surface area contributed by atoms with Gasteiger partial charge in [0.25, 0.3) is 0 Å². The van der Waals surface area contributed by atoms with Crippen LogP contribution in [0.4, 0.5) is 0 Å². The molecule has 0 aromatic carbocycles. The summed E-state index contributed by atoms with van der Waals surface area (Å²) in [6.45, 7) is 9.55. The van der Waals surface area contributed by atoms with Crippen molar-refractivity contribution in [3.8, 4) is 0 Å². The number of rotatable bonds is 6. The largest absolute Gasteiger partial charge is 0.367 e. The predicted octanol–water partition coefficient (Wildman–Crippen LogP) is 1.42. The van der Waals surface area contributed by atoms with Crippen molar-refractivity contribution in [2.24, 2.45) is 0 Å². The van der Waals surface area contributed by atoms with Gasteiger partial charge in [-0.2, -0.15) is 0 Å². The molecule has 0 heterocycles. The highest BCUT2D eigenvalue weighted by Gasteiger charge is 2.19. The van der Waals surface area contributed by atoms with Crippen molar-refractivity contribution in [3.05, 3.63) is 12.2 Å². The maximum Gasteiger partial charge on any atom is 0.367 e. The van der Waals surface area contributed by atoms with Gasteiger partial charge in [-0.1, -0.05) is 19.0 Å². The van der Waals surface area contributed by atoms with Gasteiger partial charge in [-0.15, -0.1) is 0 Å². The minimum atomic E-state index is -1.77. The van der Waals surface area contributed by atoms with Crippen LogP contribution in [-0.2, 0) is 14.3 Å². The standard InChI is InChI=1S/C9H20O3Si2/c1-8(6-5-7-13)9(10)11-12-14(2,3)4/h1,5-7H2,2-4,13H3. The summed E-state index contributed by atoms with van der Waals surface area (Å²) in [4.78, 5) is 16.0. The molecule has 14 heavy (non-hydrogen) atoms. The van der Waals surface area contributed by atoms with Crippen molar-refractivity contribution in [1.82, 2.24) is 0 Å². The fraction of sp³-hybridized carbons (Fsp3) is 0.667. The Bertz CT molecular complexity index is 209. The highest BCUT2D eigenvalue weighted by molar-refractivity contribution is 6.69. The van der Waals surface area contributed by atoms with Crippen LogP contribution in [0.3, 0.4) is 0 Å². The van der Waals surface area contributed by atoms with Crippen molar-refractivity contribution >= 4 is 24.5 Å². The van der Waals surface area contributed by atoms with Crippen LogP contribution in [0.2, 0.25) is 25.7 Å². The molecule has 0 radical (unpaired) electrons. The van der Waals surface area contributed by atoms with E-state index in [0.29, 0.717) is 5.57 Å². The van der Waals surface area contributed by atoms with E-state index in [1.54, 1.807) is 0 Å². The van der Waals surface area contributed by atoms with Gasteiger partial charge in [0.05, 0.1) is 0 Å². The molecule has 3 nitrogen and oxygen atoms in total. The molecule has 0 fully saturated rings. The summed E-state index contributed by atoms with van der Waals surface area (Å²) in [5.41, 5.74) is 0.513. The SMILES string of the molecule is C=C(CCC[SiH3])C(=O)OO[Si](C)(C)C. The lowest BCUT2D eigenvalue weighted by atomic mass is 10.2. The molecule has 0 atom stereocenters. The lowest BCUT2D eigenvalue weighted by Gasteiger charge is -2.14. The Labute approximate surface area is 90.0 Å². The van der Waals surface area contributed by atoms with Crippen molar-refractivity contribution in [2.75, 3.05) is 0 Å². The minimum Gasteiger partial charge on any atom is -0.305 e. The second kappa shape index (κ2) is 6.16. The molecule has 0 amide bonds. The summed E-state index contributed by atoms with van der Waals surface area (Å²) in [7, 11) is -0.607. The Morgan fingerprint density at radius 2 is 2.00 bits per heavy atom. The van der Waals surface area contributed by atoms with Gasteiger partial charge in [-0.05, 0) is 26.1 Å². The van der Waals surface area contributed by atoms with Crippen LogP contribution >= 0.6 is 0 Å². The zero-order chi connectivity index (χ0) is 11.2. The molecule has 0 aromatic rings. The predicted molar refractivity (Wildman–Crippen MR) is 63.6 cm³/mol. The zero-order valence-corrected chi connectivity index (χ0v) is 12.6. The maximum atomic E-state index is 11.3. The van der Waals surface area contributed by atoms with Crippen LogP contribution in [0.5, 0.6) is 0 Å². The van der Waals surface area contributed by atoms with Gasteiger partial charge in [0, 0.05) is 15.8 Å². The molecule has 0 aliphatic carbocycles. The first-order valence-electron chi connectivity index (χ1n) is 4.94. The molecule has 0 saturated carbocycles. The van der Waals surface area contributed by atoms with Crippen molar-refractivity contribution < 1.29 is 14.3 Å². The molecule has 0 spiro atoms. The monoisotopic (exact) mass is 232 g/mol. The molecule has 0 bridgehead atoms. The lowest BCUT2D eigenvalue weighted by Crippen LogP contribution is -2.27. The molecular weight excluding hydrogens is 212 g/mol. The van der Waals surface area contributed by atoms with Crippen LogP contribution in [0.1, 0.15) is 12.8 Å². The molecule has 0 aliphatic heterocycles. The van der Waals surface area contributed by atoms with Gasteiger partial charge in [0.1, 0.15) is 0 Å². The molecule has 0 N–H and O–H groups in total. The summed E-state index contributed by atoms with van der Waals surface area (Å²) in [6.07, 6.45) is 1.74. The zero-order valence-electron chi connectivity index (χ0n) is 9.55. The minimum absolute atomic E-state index is 0.414. The summed E-state index contributed by atoms with van der Waals surface area (Å²) in [6, 6.07) is 1.18. The average Bonchev–Trinajstić information content (AvgIpc) is 2.09. The lowest BCUT2D eigenvalue weighted by molar-refractivity contribution is -0.214. The van der Waals surface area contributed by atoms with E-state index in [0.717, 1.165) is 12.8 Å². The topological polar surface area (TPSA) is 35.5 Å². The third-order valence-electron chi connectivity index (χ3n) is 1.49. The van der Waals surface area contributed by atoms with E-state index in [2.05, 4.69) is 6.58 Å². The van der Waals surface area contributed by atoms with Crippen LogP contribution in [0.25, 0.3) is 0 Å². The first-order valence-corrected chi connectivity index (χ1v) is 9.77. The molecule has 5 heteroatoms. The fourth-order valence-electron chi connectivity index (χ4n) is 0.714. The summed E-state index contributed by atoms with van der Waals surface area (Å²) in [5.74, 6) is -0.414. The highest BCUT2D eigenvalue weighted by Crippen LogP contribution is 2.09. The Hall–Kier alpha value is -0.396. The van der Waals surface area contributed by atoms with Crippen molar-refractivity contribution in [1.29, 1.82) is 0 Å². The van der Waals surface area contributed by atoms with Gasteiger partial charge in [-0.3, -0.25) is 0 Å². The van der Waals surface area contributed by atoms with Gasteiger partial charge < -0.3 is 4.89 Å². The number of carbonyl (C=O) groups is 1. The summed E-state index contributed by atoms with van der Waals surface area (Å²) < 4.78 is 5.03. The van der Waals surface area contributed by atoms with Crippen LogP contribution in [0, 0.1) is 0 Å². The second-order valence-corrected chi connectivity index (χ2v) is 9.67. The number of carbonyl (C=O) groups excluding carboxylic acids is 1. The van der Waals surface area contributed by atoms with Gasteiger partial charge in [0.2, 0.25) is 8.32 Å². The summed E-state index contributed by atoms with van der Waals surface area (Å²) >= 11 is 0. The maximum absolute atomic E-state index is 11.3. The smallest absolute Gasteiger partial charge is 0.305 e. The van der Waals surface area contributed by atoms with Gasteiger partial charge >= 0.3 is 5.97 Å². The number of hydrogen-bond acceptors (Lipinski definition) is 3. The normalized spacial score (nSPS) is 11.4. The molecule has 0 aliphatic rings. The van der Waals surface area contributed by atoms with E-state index in [4.69, 9.17) is 9.46 Å². The van der Waals surface area contributed by atoms with Crippen molar-refractivity contribution in [3.63, 3.8) is 0 Å². The van der Waals surface area contributed by atoms with E-state index in [1.807, 2.05) is 19.6 Å². The quantitative estimate of drug-likeness (QED) is 0.301. The van der Waals surface area contributed by atoms with Crippen molar-refractivity contribution in [2.45, 2.75) is 38.5 Å². The second-order valence-electron chi connectivity index (χ2n) is 4.27. The molecule has 0 rings (SSSR count). The first-order chi connectivity index (χ1) is 6.37. The van der Waals surface area contributed by atoms with E-state index >= 15 is 0 Å². The van der Waals surface area contributed by atoms with E-state index < -0.39 is 14.3 Å². The molecule has 82 valence electrons. The molecule has 0 unspecified atom stereocenters. The molecule has 0 saturated heterocycles. The first kappa shape index (κ1) is 13.6. The van der Waals surface area contributed by atoms with Gasteiger partial charge in [0.15, 0.2) is 0 Å². The highest BCUT2D eigenvalue weighted by atomic mass is 28.4. The van der Waals surface area contributed by atoms with E-state index in [-0.39, 0.29) is 0 Å². The fourth-order valence-corrected chi connectivity index (χ4v) is 1.39. The van der Waals surface area contributed by atoms with E-state index in [9.17, 15) is 4.79 Å². The summed E-state index contributed by atoms with van der Waals surface area (Å²) in [5, 5.41) is 0. The average molecular weight is 232 g/mol. The van der Waals surface area contributed by atoms with Crippen LogP contribution in [-0.4, -0.2) is 24.5 Å². The third kappa shape index (κ3) is 7.05. The third-order valence-corrected chi connectivity index (χ3v) is 2.78. The molecular formula is C9H20O3Si2. The van der Waals surface area contributed by atoms with E-state index in [1.165, 1.54) is 16.3 Å². The Morgan fingerprint density at radius 1 is 1.43 bits per heavy atom. The Morgan fingerprint density at radius 3 is 2.43 bits per heavy atom. The van der Waals surface area contributed by atoms with Gasteiger partial charge in [-0.25, -0.2) is 9.37 Å². The Balaban J connectivity index is 3.79. The Kier molecular flexibility index (Phi) is 5.98. The van der Waals surface area contributed by atoms with Crippen LogP contribution in [0.15, 0.2) is 12.2 Å². The molecule has 0 aromatic heterocycles.